The van der Waals surface area contributed by atoms with Crippen LogP contribution in [0.4, 0.5) is 0 Å². The van der Waals surface area contributed by atoms with E-state index in [2.05, 4.69) is 17.4 Å². The van der Waals surface area contributed by atoms with E-state index in [-0.39, 0.29) is 44.7 Å². The molecule has 0 saturated carbocycles. The number of nitrogens with one attached hydrogen (secondary N) is 1. The third-order valence-electron chi connectivity index (χ3n) is 3.00. The number of nitrogens with zero attached hydrogens (tertiary/aromatic N) is 1. The molecule has 1 aromatic carbocycles. The molecule has 1 N–H and O–H groups in total. The molecule has 1 unspecified atom stereocenters. The third kappa shape index (κ3) is 3.95. The minimum Gasteiger partial charge on any atom is -0.353 e. The van der Waals surface area contributed by atoms with Crippen LogP contribution in [0.25, 0.3) is 11.1 Å². The van der Waals surface area contributed by atoms with Gasteiger partial charge in [-0.15, -0.1) is 0 Å². The zero-order valence-corrected chi connectivity index (χ0v) is 14.0. The van der Waals surface area contributed by atoms with Gasteiger partial charge in [-0.05, 0) is 11.6 Å². The molecule has 0 aliphatic heterocycles. The number of benzene rings is 1. The van der Waals surface area contributed by atoms with E-state index < -0.39 is 0 Å². The monoisotopic (exact) mass is 330 g/mol. The van der Waals surface area contributed by atoms with Gasteiger partial charge in [-0.3, -0.25) is 4.79 Å². The summed E-state index contributed by atoms with van der Waals surface area (Å²) < 4.78 is 1.92. The number of carbonyl (C=O) groups is 1. The number of pyridine rings is 1. The van der Waals surface area contributed by atoms with Crippen LogP contribution in [0.3, 0.4) is 0 Å². The maximum atomic E-state index is 11.6. The molecule has 0 bridgehead atoms. The van der Waals surface area contributed by atoms with Crippen LogP contribution in [0.2, 0.25) is 0 Å². The molecule has 0 aliphatic rings. The first-order valence-corrected chi connectivity index (χ1v) is 6.00. The van der Waals surface area contributed by atoms with Crippen LogP contribution in [0, 0.1) is 0 Å². The average Bonchev–Trinajstić information content (AvgIpc) is 2.46. The molecule has 0 spiro atoms. The Morgan fingerprint density at radius 3 is 2.37 bits per heavy atom. The van der Waals surface area contributed by atoms with E-state index >= 15 is 0 Å². The topological polar surface area (TPSA) is 33.0 Å². The van der Waals surface area contributed by atoms with Crippen molar-refractivity contribution < 1.29 is 42.1 Å². The van der Waals surface area contributed by atoms with E-state index in [1.165, 1.54) is 0 Å². The summed E-state index contributed by atoms with van der Waals surface area (Å²) in [7, 11) is 1.65. The molecular formula is C15H17N2OY+. The smallest absolute Gasteiger partial charge is 0.288 e. The summed E-state index contributed by atoms with van der Waals surface area (Å²) in [5.41, 5.74) is 2.25. The van der Waals surface area contributed by atoms with Crippen LogP contribution in [0.15, 0.2) is 54.9 Å². The van der Waals surface area contributed by atoms with Gasteiger partial charge in [-0.25, -0.2) is 0 Å². The van der Waals surface area contributed by atoms with Gasteiger partial charge in [0.1, 0.15) is 0 Å². The standard InChI is InChI=1S/C15H16N2O.Y/c1-12(15(18)16-2)17-10-6-9-14(11-17)13-7-4-3-5-8-13;/h3-12H,1-2H3;/p+1. The Hall–Kier alpha value is -1.06. The van der Waals surface area contributed by atoms with Crippen LogP contribution >= 0.6 is 0 Å². The minimum atomic E-state index is -0.210. The fourth-order valence-corrected chi connectivity index (χ4v) is 1.88. The van der Waals surface area contributed by atoms with E-state index in [1.807, 2.05) is 54.2 Å². The fraction of sp³-hybridized carbons (Fsp3) is 0.200. The molecule has 19 heavy (non-hydrogen) atoms. The Morgan fingerprint density at radius 1 is 1.11 bits per heavy atom. The maximum Gasteiger partial charge on any atom is 0.288 e. The maximum absolute atomic E-state index is 11.6. The Bertz CT molecular complexity index is 543. The van der Waals surface area contributed by atoms with Crippen molar-refractivity contribution in [3.8, 4) is 11.1 Å². The second-order valence-electron chi connectivity index (χ2n) is 4.20. The van der Waals surface area contributed by atoms with Crippen molar-refractivity contribution in [3.05, 3.63) is 54.9 Å². The van der Waals surface area contributed by atoms with Crippen molar-refractivity contribution in [3.63, 3.8) is 0 Å². The number of amides is 1. The second-order valence-corrected chi connectivity index (χ2v) is 4.20. The van der Waals surface area contributed by atoms with Crippen LogP contribution in [0.1, 0.15) is 13.0 Å². The summed E-state index contributed by atoms with van der Waals surface area (Å²) in [6.07, 6.45) is 3.90. The third-order valence-corrected chi connectivity index (χ3v) is 3.00. The number of carbonyl (C=O) groups excluding carboxylic acids is 1. The van der Waals surface area contributed by atoms with E-state index in [1.54, 1.807) is 7.05 Å². The van der Waals surface area contributed by atoms with Gasteiger partial charge in [-0.1, -0.05) is 30.3 Å². The first kappa shape index (κ1) is 16.0. The van der Waals surface area contributed by atoms with Crippen molar-refractivity contribution in [2.75, 3.05) is 7.05 Å². The molecule has 1 aromatic heterocycles. The van der Waals surface area contributed by atoms with Crippen LogP contribution < -0.4 is 9.88 Å². The molecule has 2 rings (SSSR count). The van der Waals surface area contributed by atoms with Gasteiger partial charge in [0.25, 0.3) is 5.91 Å². The SMILES string of the molecule is CNC(=O)C(C)[n+]1cccc(-c2ccccc2)c1.[Y]. The first-order valence-electron chi connectivity index (χ1n) is 6.00. The summed E-state index contributed by atoms with van der Waals surface area (Å²) in [6.45, 7) is 1.88. The zero-order chi connectivity index (χ0) is 13.0. The molecule has 1 atom stereocenters. The molecule has 1 heterocycles. The van der Waals surface area contributed by atoms with E-state index in [0.717, 1.165) is 11.1 Å². The summed E-state index contributed by atoms with van der Waals surface area (Å²) >= 11 is 0. The van der Waals surface area contributed by atoms with Gasteiger partial charge in [0.05, 0.1) is 0 Å². The number of rotatable bonds is 3. The Balaban J connectivity index is 0.00000180. The van der Waals surface area contributed by atoms with Gasteiger partial charge < -0.3 is 5.32 Å². The summed E-state index contributed by atoms with van der Waals surface area (Å²) in [6, 6.07) is 13.9. The zero-order valence-electron chi connectivity index (χ0n) is 11.2. The minimum absolute atomic E-state index is 0. The normalized spacial score (nSPS) is 11.3. The molecule has 1 amide bonds. The van der Waals surface area contributed by atoms with Crippen LogP contribution in [0.5, 0.6) is 0 Å². The summed E-state index contributed by atoms with van der Waals surface area (Å²) in [5.74, 6) is 0.00483. The molecule has 0 fully saturated rings. The van der Waals surface area contributed by atoms with Gasteiger partial charge in [0.2, 0.25) is 6.04 Å². The molecule has 1 radical (unpaired) electrons. The predicted molar refractivity (Wildman–Crippen MR) is 70.9 cm³/mol. The van der Waals surface area contributed by atoms with Crippen LogP contribution in [-0.2, 0) is 37.5 Å². The molecule has 3 nitrogen and oxygen atoms in total. The fourth-order valence-electron chi connectivity index (χ4n) is 1.88. The number of aromatic nitrogens is 1. The average molecular weight is 330 g/mol. The molecule has 0 saturated heterocycles. The van der Waals surface area contributed by atoms with E-state index in [4.69, 9.17) is 0 Å². The van der Waals surface area contributed by atoms with Gasteiger partial charge in [-0.2, -0.15) is 4.57 Å². The number of likely N-dealkylation sites (N-methyl/N-ethyl adjacent to an activating group) is 1. The van der Waals surface area contributed by atoms with Gasteiger partial charge >= 0.3 is 0 Å². The molecule has 4 heteroatoms. The Morgan fingerprint density at radius 2 is 1.74 bits per heavy atom. The largest absolute Gasteiger partial charge is 0.353 e. The summed E-state index contributed by atoms with van der Waals surface area (Å²) in [5, 5.41) is 2.66. The van der Waals surface area contributed by atoms with Crippen molar-refractivity contribution in [1.82, 2.24) is 5.32 Å². The predicted octanol–water partition coefficient (Wildman–Crippen LogP) is 1.95. The Kier molecular flexibility index (Phi) is 6.33. The van der Waals surface area contributed by atoms with Crippen molar-refractivity contribution in [2.45, 2.75) is 13.0 Å². The number of hydrogen-bond acceptors (Lipinski definition) is 1. The molecule has 95 valence electrons. The van der Waals surface area contributed by atoms with Crippen molar-refractivity contribution >= 4 is 5.91 Å². The second kappa shape index (κ2) is 7.51. The molecule has 2 aromatic rings. The quantitative estimate of drug-likeness (QED) is 0.858. The molecular weight excluding hydrogens is 313 g/mol. The van der Waals surface area contributed by atoms with Crippen molar-refractivity contribution in [1.29, 1.82) is 0 Å². The van der Waals surface area contributed by atoms with Gasteiger partial charge in [0.15, 0.2) is 12.4 Å². The first-order chi connectivity index (χ1) is 8.72. The van der Waals surface area contributed by atoms with E-state index in [9.17, 15) is 4.79 Å². The van der Waals surface area contributed by atoms with Gasteiger partial charge in [0, 0.05) is 58.3 Å². The number of hydrogen-bond donors (Lipinski definition) is 1. The Labute approximate surface area is 138 Å². The van der Waals surface area contributed by atoms with Crippen LogP contribution in [-0.4, -0.2) is 13.0 Å². The van der Waals surface area contributed by atoms with E-state index in [0.29, 0.717) is 0 Å². The summed E-state index contributed by atoms with van der Waals surface area (Å²) in [4.78, 5) is 11.6. The van der Waals surface area contributed by atoms with Crippen molar-refractivity contribution in [2.24, 2.45) is 0 Å². The molecule has 0 aliphatic carbocycles.